The third-order valence-corrected chi connectivity index (χ3v) is 2.76. The van der Waals surface area contributed by atoms with Gasteiger partial charge in [-0.1, -0.05) is 12.1 Å². The molecule has 0 bridgehead atoms. The molecule has 4 N–H and O–H groups in total. The molecule has 0 heterocycles. The standard InChI is InChI=1S/C13H20N2O2/c1-9(16)8-15-12(17)13(2,3)10-4-6-11(14)7-5-10/h4-7,9,16H,8,14H2,1-3H3,(H,15,17)/t9-/m0/s1. The van der Waals surface area contributed by atoms with Gasteiger partial charge >= 0.3 is 0 Å². The van der Waals surface area contributed by atoms with Crippen LogP contribution in [0.25, 0.3) is 0 Å². The van der Waals surface area contributed by atoms with Crippen LogP contribution < -0.4 is 11.1 Å². The second-order valence-corrected chi connectivity index (χ2v) is 4.81. The fourth-order valence-corrected chi connectivity index (χ4v) is 1.49. The first-order chi connectivity index (χ1) is 7.84. The van der Waals surface area contributed by atoms with Gasteiger partial charge in [-0.05, 0) is 38.5 Å². The van der Waals surface area contributed by atoms with Gasteiger partial charge in [0, 0.05) is 12.2 Å². The Morgan fingerprint density at radius 1 is 1.41 bits per heavy atom. The number of nitrogens with two attached hydrogens (primary N) is 1. The molecule has 1 atom stereocenters. The Labute approximate surface area is 102 Å². The monoisotopic (exact) mass is 236 g/mol. The van der Waals surface area contributed by atoms with Gasteiger partial charge in [-0.15, -0.1) is 0 Å². The van der Waals surface area contributed by atoms with Gasteiger partial charge in [-0.25, -0.2) is 0 Å². The lowest BCUT2D eigenvalue weighted by molar-refractivity contribution is -0.126. The van der Waals surface area contributed by atoms with Gasteiger partial charge in [0.05, 0.1) is 11.5 Å². The maximum atomic E-state index is 12.0. The summed E-state index contributed by atoms with van der Waals surface area (Å²) < 4.78 is 0. The highest BCUT2D eigenvalue weighted by atomic mass is 16.3. The number of nitrogen functional groups attached to an aromatic ring is 1. The van der Waals surface area contributed by atoms with Crippen LogP contribution in [0.3, 0.4) is 0 Å². The topological polar surface area (TPSA) is 75.3 Å². The summed E-state index contributed by atoms with van der Waals surface area (Å²) in [6.45, 7) is 5.58. The third kappa shape index (κ3) is 3.46. The smallest absolute Gasteiger partial charge is 0.230 e. The van der Waals surface area contributed by atoms with Crippen LogP contribution in [0.15, 0.2) is 24.3 Å². The summed E-state index contributed by atoms with van der Waals surface area (Å²) in [6, 6.07) is 7.24. The van der Waals surface area contributed by atoms with E-state index in [0.717, 1.165) is 5.56 Å². The van der Waals surface area contributed by atoms with Crippen molar-refractivity contribution in [1.82, 2.24) is 5.32 Å². The van der Waals surface area contributed by atoms with Crippen molar-refractivity contribution >= 4 is 11.6 Å². The molecule has 0 aliphatic carbocycles. The van der Waals surface area contributed by atoms with Gasteiger partial charge in [-0.3, -0.25) is 4.79 Å². The molecule has 4 nitrogen and oxygen atoms in total. The number of carbonyl (C=O) groups is 1. The molecule has 0 radical (unpaired) electrons. The molecule has 0 unspecified atom stereocenters. The maximum Gasteiger partial charge on any atom is 0.230 e. The number of rotatable bonds is 4. The third-order valence-electron chi connectivity index (χ3n) is 2.76. The van der Waals surface area contributed by atoms with Crippen molar-refractivity contribution in [2.75, 3.05) is 12.3 Å². The van der Waals surface area contributed by atoms with E-state index in [9.17, 15) is 4.79 Å². The highest BCUT2D eigenvalue weighted by molar-refractivity contribution is 5.87. The molecule has 4 heteroatoms. The molecular weight excluding hydrogens is 216 g/mol. The summed E-state index contributed by atoms with van der Waals surface area (Å²) in [7, 11) is 0. The minimum atomic E-state index is -0.636. The normalized spacial score (nSPS) is 13.2. The first kappa shape index (κ1) is 13.5. The minimum absolute atomic E-state index is 0.108. The van der Waals surface area contributed by atoms with Crippen molar-refractivity contribution < 1.29 is 9.90 Å². The van der Waals surface area contributed by atoms with Crippen LogP contribution >= 0.6 is 0 Å². The molecule has 0 saturated heterocycles. The van der Waals surface area contributed by atoms with Crippen LogP contribution in [0, 0.1) is 0 Å². The Kier molecular flexibility index (Phi) is 4.12. The number of hydrogen-bond acceptors (Lipinski definition) is 3. The number of benzene rings is 1. The number of anilines is 1. The van der Waals surface area contributed by atoms with E-state index >= 15 is 0 Å². The average molecular weight is 236 g/mol. The van der Waals surface area contributed by atoms with E-state index in [2.05, 4.69) is 5.32 Å². The van der Waals surface area contributed by atoms with Crippen molar-refractivity contribution in [2.24, 2.45) is 0 Å². The van der Waals surface area contributed by atoms with Gasteiger partial charge < -0.3 is 16.2 Å². The molecule has 0 aliphatic rings. The van der Waals surface area contributed by atoms with Crippen molar-refractivity contribution in [3.05, 3.63) is 29.8 Å². The first-order valence-corrected chi connectivity index (χ1v) is 5.66. The van der Waals surface area contributed by atoms with Crippen molar-refractivity contribution in [2.45, 2.75) is 32.3 Å². The summed E-state index contributed by atoms with van der Waals surface area (Å²) in [4.78, 5) is 12.0. The van der Waals surface area contributed by atoms with Crippen LogP contribution in [0.5, 0.6) is 0 Å². The molecule has 1 aromatic rings. The Morgan fingerprint density at radius 2 is 1.94 bits per heavy atom. The summed E-state index contributed by atoms with van der Waals surface area (Å²) in [5.74, 6) is -0.108. The van der Waals surface area contributed by atoms with Gasteiger partial charge in [0.1, 0.15) is 0 Å². The average Bonchev–Trinajstić information content (AvgIpc) is 2.26. The molecule has 94 valence electrons. The lowest BCUT2D eigenvalue weighted by atomic mass is 9.83. The Hall–Kier alpha value is -1.55. The highest BCUT2D eigenvalue weighted by Gasteiger charge is 2.29. The van der Waals surface area contributed by atoms with E-state index in [1.807, 2.05) is 26.0 Å². The van der Waals surface area contributed by atoms with E-state index in [1.165, 1.54) is 0 Å². The van der Waals surface area contributed by atoms with Gasteiger partial charge in [0.25, 0.3) is 0 Å². The van der Waals surface area contributed by atoms with Crippen molar-refractivity contribution in [3.8, 4) is 0 Å². The molecule has 0 saturated carbocycles. The molecule has 0 aliphatic heterocycles. The molecule has 17 heavy (non-hydrogen) atoms. The lowest BCUT2D eigenvalue weighted by Crippen LogP contribution is -2.42. The predicted molar refractivity (Wildman–Crippen MR) is 68.6 cm³/mol. The predicted octanol–water partition coefficient (Wildman–Crippen LogP) is 1.04. The van der Waals surface area contributed by atoms with E-state index in [1.54, 1.807) is 19.1 Å². The quantitative estimate of drug-likeness (QED) is 0.684. The zero-order valence-corrected chi connectivity index (χ0v) is 10.5. The molecule has 1 amide bonds. The molecule has 0 spiro atoms. The summed E-state index contributed by atoms with van der Waals surface area (Å²) >= 11 is 0. The Bertz CT molecular complexity index is 383. The number of hydrogen-bond donors (Lipinski definition) is 3. The Morgan fingerprint density at radius 3 is 2.41 bits per heavy atom. The van der Waals surface area contributed by atoms with Crippen LogP contribution in [-0.2, 0) is 10.2 Å². The van der Waals surface area contributed by atoms with E-state index in [0.29, 0.717) is 5.69 Å². The van der Waals surface area contributed by atoms with E-state index in [4.69, 9.17) is 10.8 Å². The fourth-order valence-electron chi connectivity index (χ4n) is 1.49. The number of amides is 1. The summed E-state index contributed by atoms with van der Waals surface area (Å²) in [5, 5.41) is 11.9. The zero-order chi connectivity index (χ0) is 13.1. The maximum absolute atomic E-state index is 12.0. The van der Waals surface area contributed by atoms with Gasteiger partial charge in [-0.2, -0.15) is 0 Å². The van der Waals surface area contributed by atoms with Crippen molar-refractivity contribution in [1.29, 1.82) is 0 Å². The Balaban J connectivity index is 2.79. The van der Waals surface area contributed by atoms with Crippen LogP contribution in [0.1, 0.15) is 26.3 Å². The molecule has 0 aromatic heterocycles. The van der Waals surface area contributed by atoms with E-state index < -0.39 is 11.5 Å². The highest BCUT2D eigenvalue weighted by Crippen LogP contribution is 2.24. The number of carbonyl (C=O) groups excluding carboxylic acids is 1. The summed E-state index contributed by atoms with van der Waals surface area (Å²) in [6.07, 6.45) is -0.541. The molecule has 0 fully saturated rings. The lowest BCUT2D eigenvalue weighted by Gasteiger charge is -2.24. The molecule has 1 rings (SSSR count). The minimum Gasteiger partial charge on any atom is -0.399 e. The van der Waals surface area contributed by atoms with Crippen LogP contribution in [0.2, 0.25) is 0 Å². The van der Waals surface area contributed by atoms with E-state index in [-0.39, 0.29) is 12.5 Å². The second-order valence-electron chi connectivity index (χ2n) is 4.81. The molecular formula is C13H20N2O2. The summed E-state index contributed by atoms with van der Waals surface area (Å²) in [5.41, 5.74) is 6.55. The fraction of sp³-hybridized carbons (Fsp3) is 0.462. The van der Waals surface area contributed by atoms with Gasteiger partial charge in [0.2, 0.25) is 5.91 Å². The largest absolute Gasteiger partial charge is 0.399 e. The number of aliphatic hydroxyl groups is 1. The molecule has 1 aromatic carbocycles. The van der Waals surface area contributed by atoms with Gasteiger partial charge in [0.15, 0.2) is 0 Å². The first-order valence-electron chi connectivity index (χ1n) is 5.66. The number of nitrogens with one attached hydrogen (secondary N) is 1. The SMILES string of the molecule is C[C@H](O)CNC(=O)C(C)(C)c1ccc(N)cc1. The van der Waals surface area contributed by atoms with Crippen LogP contribution in [-0.4, -0.2) is 23.7 Å². The van der Waals surface area contributed by atoms with Crippen LogP contribution in [0.4, 0.5) is 5.69 Å². The second kappa shape index (κ2) is 5.19. The van der Waals surface area contributed by atoms with Crippen molar-refractivity contribution in [3.63, 3.8) is 0 Å². The zero-order valence-electron chi connectivity index (χ0n) is 10.5. The number of aliphatic hydroxyl groups excluding tert-OH is 1.